The monoisotopic (exact) mass is 311 g/mol. The van der Waals surface area contributed by atoms with Crippen LogP contribution < -0.4 is 4.31 Å². The van der Waals surface area contributed by atoms with Gasteiger partial charge >= 0.3 is 5.97 Å². The van der Waals surface area contributed by atoms with Gasteiger partial charge < -0.3 is 5.11 Å². The number of carbonyl (C=O) groups is 1. The number of benzene rings is 1. The third kappa shape index (κ3) is 3.37. The fourth-order valence-electron chi connectivity index (χ4n) is 2.71. The number of nitrogens with zero attached hydrogens (tertiary/aromatic N) is 1. The van der Waals surface area contributed by atoms with Crippen LogP contribution in [-0.2, 0) is 16.4 Å². The molecule has 0 saturated carbocycles. The molecule has 0 aromatic heterocycles. The standard InChI is InChI=1S/C15H21NO4S/c1-15(2,3)10-21(19,20)16-9-5-7-11-12(14(17)18)6-4-8-13(11)16/h4,6,8H,5,7,9-10H2,1-3H3,(H,17,18). The van der Waals surface area contributed by atoms with Crippen LogP contribution in [0.5, 0.6) is 0 Å². The quantitative estimate of drug-likeness (QED) is 0.930. The van der Waals surface area contributed by atoms with Gasteiger partial charge in [-0.05, 0) is 36.0 Å². The van der Waals surface area contributed by atoms with Crippen LogP contribution in [0.15, 0.2) is 18.2 Å². The zero-order valence-electron chi connectivity index (χ0n) is 12.6. The molecular weight excluding hydrogens is 290 g/mol. The van der Waals surface area contributed by atoms with Crippen LogP contribution in [0.25, 0.3) is 0 Å². The largest absolute Gasteiger partial charge is 0.478 e. The Morgan fingerprint density at radius 1 is 1.33 bits per heavy atom. The number of rotatable bonds is 3. The molecular formula is C15H21NO4S. The highest BCUT2D eigenvalue weighted by atomic mass is 32.2. The Bertz CT molecular complexity index is 659. The highest BCUT2D eigenvalue weighted by Gasteiger charge is 2.32. The van der Waals surface area contributed by atoms with Crippen LogP contribution in [-0.4, -0.2) is 31.8 Å². The molecule has 2 rings (SSSR count). The van der Waals surface area contributed by atoms with E-state index in [1.807, 2.05) is 20.8 Å². The first-order valence-electron chi connectivity index (χ1n) is 6.97. The summed E-state index contributed by atoms with van der Waals surface area (Å²) in [6.07, 6.45) is 1.24. The topological polar surface area (TPSA) is 74.7 Å². The molecule has 1 aliphatic heterocycles. The van der Waals surface area contributed by atoms with Crippen LogP contribution in [0.1, 0.15) is 43.1 Å². The first-order chi connectivity index (χ1) is 9.62. The van der Waals surface area contributed by atoms with Crippen molar-refractivity contribution in [1.82, 2.24) is 0 Å². The number of aromatic carboxylic acids is 1. The van der Waals surface area contributed by atoms with Gasteiger partial charge in [-0.1, -0.05) is 26.8 Å². The Balaban J connectivity index is 2.48. The molecule has 116 valence electrons. The Morgan fingerprint density at radius 2 is 2.00 bits per heavy atom. The van der Waals surface area contributed by atoms with Crippen LogP contribution in [0.4, 0.5) is 5.69 Å². The van der Waals surface area contributed by atoms with Crippen molar-refractivity contribution < 1.29 is 18.3 Å². The average Bonchev–Trinajstić information content (AvgIpc) is 2.34. The highest BCUT2D eigenvalue weighted by Crippen LogP contribution is 2.33. The molecule has 0 radical (unpaired) electrons. The van der Waals surface area contributed by atoms with Crippen LogP contribution in [0, 0.1) is 5.41 Å². The Morgan fingerprint density at radius 3 is 2.57 bits per heavy atom. The molecule has 6 heteroatoms. The molecule has 1 aliphatic rings. The van der Waals surface area contributed by atoms with Crippen molar-refractivity contribution in [1.29, 1.82) is 0 Å². The molecule has 0 bridgehead atoms. The van der Waals surface area contributed by atoms with E-state index in [1.165, 1.54) is 10.4 Å². The summed E-state index contributed by atoms with van der Waals surface area (Å²) >= 11 is 0. The lowest BCUT2D eigenvalue weighted by Crippen LogP contribution is -2.40. The zero-order valence-corrected chi connectivity index (χ0v) is 13.4. The van der Waals surface area contributed by atoms with Crippen LogP contribution in [0.3, 0.4) is 0 Å². The summed E-state index contributed by atoms with van der Waals surface area (Å²) in [6, 6.07) is 4.83. The van der Waals surface area contributed by atoms with Crippen molar-refractivity contribution in [2.75, 3.05) is 16.6 Å². The van der Waals surface area contributed by atoms with Crippen molar-refractivity contribution in [2.24, 2.45) is 5.41 Å². The second-order valence-corrected chi connectivity index (χ2v) is 8.49. The van der Waals surface area contributed by atoms with Gasteiger partial charge in [-0.3, -0.25) is 4.31 Å². The van der Waals surface area contributed by atoms with Gasteiger partial charge in [-0.2, -0.15) is 0 Å². The molecule has 1 aromatic carbocycles. The first-order valence-corrected chi connectivity index (χ1v) is 8.58. The minimum atomic E-state index is -3.46. The molecule has 0 saturated heterocycles. The zero-order chi connectivity index (χ0) is 15.8. The Labute approximate surface area is 125 Å². The minimum Gasteiger partial charge on any atom is -0.478 e. The SMILES string of the molecule is CC(C)(C)CS(=O)(=O)N1CCCc2c(C(=O)O)cccc21. The van der Waals surface area contributed by atoms with Crippen LogP contribution >= 0.6 is 0 Å². The average molecular weight is 311 g/mol. The van der Waals surface area contributed by atoms with E-state index in [-0.39, 0.29) is 16.7 Å². The number of anilines is 1. The number of hydrogen-bond acceptors (Lipinski definition) is 3. The maximum absolute atomic E-state index is 12.6. The summed E-state index contributed by atoms with van der Waals surface area (Å²) in [6.45, 7) is 6.05. The molecule has 0 aliphatic carbocycles. The number of fused-ring (bicyclic) bond motifs is 1. The van der Waals surface area contributed by atoms with Crippen molar-refractivity contribution in [2.45, 2.75) is 33.6 Å². The maximum Gasteiger partial charge on any atom is 0.336 e. The molecule has 1 N–H and O–H groups in total. The van der Waals surface area contributed by atoms with E-state index >= 15 is 0 Å². The number of carboxylic acid groups (broad SMARTS) is 1. The number of carboxylic acids is 1. The van der Waals surface area contributed by atoms with Gasteiger partial charge in [0.1, 0.15) is 0 Å². The summed E-state index contributed by atoms with van der Waals surface area (Å²) in [5.74, 6) is -0.974. The second kappa shape index (κ2) is 5.33. The molecule has 5 nitrogen and oxygen atoms in total. The molecule has 0 fully saturated rings. The number of hydrogen-bond donors (Lipinski definition) is 1. The Hall–Kier alpha value is -1.56. The lowest BCUT2D eigenvalue weighted by Gasteiger charge is -2.33. The summed E-state index contributed by atoms with van der Waals surface area (Å²) < 4.78 is 26.6. The summed E-state index contributed by atoms with van der Waals surface area (Å²) in [4.78, 5) is 11.3. The van der Waals surface area contributed by atoms with Crippen LogP contribution in [0.2, 0.25) is 0 Å². The Kier molecular flexibility index (Phi) is 4.02. The minimum absolute atomic E-state index is 0.0384. The first kappa shape index (κ1) is 15.8. The van der Waals surface area contributed by atoms with E-state index < -0.39 is 16.0 Å². The molecule has 0 amide bonds. The third-order valence-electron chi connectivity index (χ3n) is 3.39. The van der Waals surface area contributed by atoms with Gasteiger partial charge in [0, 0.05) is 6.54 Å². The summed E-state index contributed by atoms with van der Waals surface area (Å²) in [7, 11) is -3.46. The van der Waals surface area contributed by atoms with Crippen molar-refractivity contribution in [3.8, 4) is 0 Å². The fraction of sp³-hybridized carbons (Fsp3) is 0.533. The smallest absolute Gasteiger partial charge is 0.336 e. The van der Waals surface area contributed by atoms with E-state index in [0.717, 1.165) is 0 Å². The predicted octanol–water partition coefficient (Wildman–Crippen LogP) is 2.51. The molecule has 0 unspecified atom stereocenters. The van der Waals surface area contributed by atoms with E-state index in [0.29, 0.717) is 30.6 Å². The van der Waals surface area contributed by atoms with E-state index in [4.69, 9.17) is 0 Å². The van der Waals surface area contributed by atoms with E-state index in [9.17, 15) is 18.3 Å². The third-order valence-corrected chi connectivity index (χ3v) is 5.67. The lowest BCUT2D eigenvalue weighted by molar-refractivity contribution is 0.0695. The molecule has 1 aromatic rings. The normalized spacial score (nSPS) is 15.7. The molecule has 0 spiro atoms. The highest BCUT2D eigenvalue weighted by molar-refractivity contribution is 7.92. The fourth-order valence-corrected chi connectivity index (χ4v) is 4.83. The lowest BCUT2D eigenvalue weighted by atomic mass is 9.98. The van der Waals surface area contributed by atoms with Gasteiger partial charge in [0.25, 0.3) is 0 Å². The summed E-state index contributed by atoms with van der Waals surface area (Å²) in [5.41, 5.74) is 0.989. The predicted molar refractivity (Wildman–Crippen MR) is 82.3 cm³/mol. The van der Waals surface area contributed by atoms with Gasteiger partial charge in [-0.15, -0.1) is 0 Å². The maximum atomic E-state index is 12.6. The van der Waals surface area contributed by atoms with Gasteiger partial charge in [0.15, 0.2) is 0 Å². The molecule has 1 heterocycles. The van der Waals surface area contributed by atoms with E-state index in [2.05, 4.69) is 0 Å². The van der Waals surface area contributed by atoms with Crippen molar-refractivity contribution >= 4 is 21.7 Å². The summed E-state index contributed by atoms with van der Waals surface area (Å²) in [5, 5.41) is 9.25. The van der Waals surface area contributed by atoms with Gasteiger partial charge in [0.2, 0.25) is 10.0 Å². The number of sulfonamides is 1. The molecule has 0 atom stereocenters. The van der Waals surface area contributed by atoms with Crippen molar-refractivity contribution in [3.05, 3.63) is 29.3 Å². The van der Waals surface area contributed by atoms with Crippen molar-refractivity contribution in [3.63, 3.8) is 0 Å². The van der Waals surface area contributed by atoms with E-state index in [1.54, 1.807) is 12.1 Å². The van der Waals surface area contributed by atoms with Gasteiger partial charge in [0.05, 0.1) is 17.0 Å². The van der Waals surface area contributed by atoms with Gasteiger partial charge in [-0.25, -0.2) is 13.2 Å². The molecule has 21 heavy (non-hydrogen) atoms. The second-order valence-electron chi connectivity index (χ2n) is 6.60.